The third-order valence-corrected chi connectivity index (χ3v) is 6.08. The summed E-state index contributed by atoms with van der Waals surface area (Å²) < 4.78 is 27.1. The first-order valence-electron chi connectivity index (χ1n) is 6.53. The number of hydrogen-bond donors (Lipinski definition) is 2. The van der Waals surface area contributed by atoms with Gasteiger partial charge in [0.05, 0.1) is 12.3 Å². The average Bonchev–Trinajstić information content (AvgIpc) is 2.80. The monoisotopic (exact) mass is 326 g/mol. The van der Waals surface area contributed by atoms with Gasteiger partial charge < -0.3 is 5.11 Å². The molecule has 2 aromatic rings. The van der Waals surface area contributed by atoms with Gasteiger partial charge in [0, 0.05) is 10.9 Å². The number of aryl methyl sites for hydroxylation is 2. The number of nitrogens with zero attached hydrogens (tertiary/aromatic N) is 1. The van der Waals surface area contributed by atoms with Gasteiger partial charge in [0.1, 0.15) is 0 Å². The molecule has 0 unspecified atom stereocenters. The summed E-state index contributed by atoms with van der Waals surface area (Å²) in [5, 5.41) is 9.41. The molecule has 1 heterocycles. The van der Waals surface area contributed by atoms with Crippen LogP contribution in [0.2, 0.25) is 0 Å². The lowest BCUT2D eigenvalue weighted by molar-refractivity contribution is 0.256. The highest BCUT2D eigenvalue weighted by molar-refractivity contribution is 7.91. The fourth-order valence-electron chi connectivity index (χ4n) is 1.87. The van der Waals surface area contributed by atoms with Gasteiger partial charge in [-0.3, -0.25) is 0 Å². The third kappa shape index (κ3) is 4.10. The highest BCUT2D eigenvalue weighted by Gasteiger charge is 2.23. The number of thiazole rings is 1. The Bertz CT molecular complexity index is 677. The summed E-state index contributed by atoms with van der Waals surface area (Å²) in [7, 11) is -3.70. The topological polar surface area (TPSA) is 79.3 Å². The molecule has 1 aromatic carbocycles. The second kappa shape index (κ2) is 6.65. The van der Waals surface area contributed by atoms with Gasteiger partial charge in [-0.25, -0.2) is 18.1 Å². The summed E-state index contributed by atoms with van der Waals surface area (Å²) in [5.41, 5.74) is 1.68. The van der Waals surface area contributed by atoms with E-state index in [-0.39, 0.29) is 10.9 Å². The van der Waals surface area contributed by atoms with Gasteiger partial charge in [-0.2, -0.15) is 0 Å². The maximum Gasteiger partial charge on any atom is 0.268 e. The van der Waals surface area contributed by atoms with E-state index in [2.05, 4.69) is 9.71 Å². The molecule has 0 aliphatic heterocycles. The molecule has 0 amide bonds. The van der Waals surface area contributed by atoms with Crippen molar-refractivity contribution in [2.45, 2.75) is 30.6 Å². The molecule has 2 rings (SSSR count). The van der Waals surface area contributed by atoms with Crippen molar-refractivity contribution in [3.05, 3.63) is 46.5 Å². The van der Waals surface area contributed by atoms with E-state index in [0.29, 0.717) is 12.1 Å². The van der Waals surface area contributed by atoms with E-state index in [1.807, 2.05) is 37.3 Å². The van der Waals surface area contributed by atoms with Gasteiger partial charge in [0.2, 0.25) is 4.34 Å². The van der Waals surface area contributed by atoms with Gasteiger partial charge in [-0.15, -0.1) is 11.3 Å². The highest BCUT2D eigenvalue weighted by atomic mass is 32.2. The lowest BCUT2D eigenvalue weighted by atomic mass is 10.1. The minimum absolute atomic E-state index is 0.0454. The maximum absolute atomic E-state index is 12.3. The van der Waals surface area contributed by atoms with Crippen LogP contribution in [0.4, 0.5) is 0 Å². The van der Waals surface area contributed by atoms with Gasteiger partial charge >= 0.3 is 0 Å². The van der Waals surface area contributed by atoms with Gasteiger partial charge in [0.25, 0.3) is 10.0 Å². The predicted octanol–water partition coefficient (Wildman–Crippen LogP) is 1.64. The number of aliphatic hydroxyl groups is 1. The lowest BCUT2D eigenvalue weighted by Crippen LogP contribution is -2.39. The van der Waals surface area contributed by atoms with Crippen LogP contribution in [0.15, 0.2) is 34.7 Å². The normalized spacial score (nSPS) is 13.3. The van der Waals surface area contributed by atoms with E-state index < -0.39 is 16.1 Å². The van der Waals surface area contributed by atoms with E-state index in [0.717, 1.165) is 21.8 Å². The second-order valence-corrected chi connectivity index (χ2v) is 7.90. The van der Waals surface area contributed by atoms with Crippen LogP contribution < -0.4 is 4.72 Å². The summed E-state index contributed by atoms with van der Waals surface area (Å²) >= 11 is 1.14. The maximum atomic E-state index is 12.3. The molecule has 0 saturated carbocycles. The van der Waals surface area contributed by atoms with E-state index in [1.165, 1.54) is 0 Å². The van der Waals surface area contributed by atoms with Crippen LogP contribution in [0.3, 0.4) is 0 Å². The average molecular weight is 326 g/mol. The van der Waals surface area contributed by atoms with Crippen LogP contribution in [0.1, 0.15) is 16.1 Å². The molecular weight excluding hydrogens is 308 g/mol. The first-order valence-corrected chi connectivity index (χ1v) is 8.83. The number of sulfonamides is 1. The van der Waals surface area contributed by atoms with Gasteiger partial charge in [0.15, 0.2) is 0 Å². The van der Waals surface area contributed by atoms with Crippen molar-refractivity contribution < 1.29 is 13.5 Å². The molecule has 0 bridgehead atoms. The van der Waals surface area contributed by atoms with Crippen LogP contribution in [0, 0.1) is 13.8 Å². The Morgan fingerprint density at radius 2 is 1.95 bits per heavy atom. The third-order valence-electron chi connectivity index (χ3n) is 3.11. The highest BCUT2D eigenvalue weighted by Crippen LogP contribution is 2.21. The zero-order chi connectivity index (χ0) is 15.5. The first-order chi connectivity index (χ1) is 9.92. The Morgan fingerprint density at radius 1 is 1.29 bits per heavy atom. The quantitative estimate of drug-likeness (QED) is 0.846. The molecule has 0 spiro atoms. The number of benzene rings is 1. The molecule has 114 valence electrons. The Hall–Kier alpha value is -1.28. The molecule has 0 fully saturated rings. The Labute approximate surface area is 128 Å². The predicted molar refractivity (Wildman–Crippen MR) is 82.9 cm³/mol. The zero-order valence-corrected chi connectivity index (χ0v) is 13.5. The smallest absolute Gasteiger partial charge is 0.268 e. The molecule has 5 nitrogen and oxygen atoms in total. The van der Waals surface area contributed by atoms with Crippen LogP contribution in [0.25, 0.3) is 0 Å². The Balaban J connectivity index is 2.14. The van der Waals surface area contributed by atoms with Gasteiger partial charge in [-0.05, 0) is 25.8 Å². The van der Waals surface area contributed by atoms with Gasteiger partial charge in [-0.1, -0.05) is 30.3 Å². The van der Waals surface area contributed by atoms with E-state index >= 15 is 0 Å². The summed E-state index contributed by atoms with van der Waals surface area (Å²) in [4.78, 5) is 4.94. The minimum Gasteiger partial charge on any atom is -0.395 e. The Kier molecular flexibility index (Phi) is 5.10. The largest absolute Gasteiger partial charge is 0.395 e. The SMILES string of the molecule is Cc1nc(S(=O)(=O)N[C@@H](CO)Cc2ccccc2)sc1C. The molecule has 0 aliphatic rings. The molecule has 0 radical (unpaired) electrons. The van der Waals surface area contributed by atoms with Crippen molar-refractivity contribution in [1.29, 1.82) is 0 Å². The summed E-state index contributed by atoms with van der Waals surface area (Å²) in [6.07, 6.45) is 0.430. The number of aromatic nitrogens is 1. The van der Waals surface area contributed by atoms with E-state index in [9.17, 15) is 13.5 Å². The van der Waals surface area contributed by atoms with E-state index in [4.69, 9.17) is 0 Å². The Morgan fingerprint density at radius 3 is 2.48 bits per heavy atom. The van der Waals surface area contributed by atoms with Crippen molar-refractivity contribution in [2.75, 3.05) is 6.61 Å². The zero-order valence-electron chi connectivity index (χ0n) is 11.9. The van der Waals surface area contributed by atoms with Crippen molar-refractivity contribution >= 4 is 21.4 Å². The van der Waals surface area contributed by atoms with Crippen molar-refractivity contribution in [2.24, 2.45) is 0 Å². The molecule has 21 heavy (non-hydrogen) atoms. The van der Waals surface area contributed by atoms with Crippen LogP contribution in [0.5, 0.6) is 0 Å². The molecule has 2 N–H and O–H groups in total. The van der Waals surface area contributed by atoms with Crippen LogP contribution in [-0.4, -0.2) is 31.2 Å². The number of nitrogens with one attached hydrogen (secondary N) is 1. The molecule has 1 aromatic heterocycles. The fraction of sp³-hybridized carbons (Fsp3) is 0.357. The molecule has 0 aliphatic carbocycles. The second-order valence-electron chi connectivity index (χ2n) is 4.81. The van der Waals surface area contributed by atoms with Crippen molar-refractivity contribution in [3.63, 3.8) is 0 Å². The fourth-order valence-corrected chi connectivity index (χ4v) is 4.42. The number of aliphatic hydroxyl groups excluding tert-OH is 1. The number of hydrogen-bond acceptors (Lipinski definition) is 5. The molecule has 0 saturated heterocycles. The van der Waals surface area contributed by atoms with Crippen LogP contribution in [-0.2, 0) is 16.4 Å². The van der Waals surface area contributed by atoms with E-state index in [1.54, 1.807) is 6.92 Å². The number of rotatable bonds is 6. The molecule has 1 atom stereocenters. The standard InChI is InChI=1S/C14H18N2O3S2/c1-10-11(2)20-14(15-10)21(18,19)16-13(9-17)8-12-6-4-3-5-7-12/h3-7,13,16-17H,8-9H2,1-2H3/t13-/m1/s1. The summed E-state index contributed by atoms with van der Waals surface area (Å²) in [6, 6.07) is 8.88. The molecular formula is C14H18N2O3S2. The summed E-state index contributed by atoms with van der Waals surface area (Å²) in [6.45, 7) is 3.34. The molecule has 7 heteroatoms. The van der Waals surface area contributed by atoms with Crippen LogP contribution >= 0.6 is 11.3 Å². The lowest BCUT2D eigenvalue weighted by Gasteiger charge is -2.15. The van der Waals surface area contributed by atoms with Crippen molar-refractivity contribution in [1.82, 2.24) is 9.71 Å². The summed E-state index contributed by atoms with van der Waals surface area (Å²) in [5.74, 6) is 0. The minimum atomic E-state index is -3.70. The first kappa shape index (κ1) is 16.1. The van der Waals surface area contributed by atoms with Crippen molar-refractivity contribution in [3.8, 4) is 0 Å².